The zero-order chi connectivity index (χ0) is 11.4. The van der Waals surface area contributed by atoms with Crippen LogP contribution in [0.1, 0.15) is 0 Å². The molecule has 0 fully saturated rings. The number of hydrogen-bond donors (Lipinski definition) is 4. The lowest BCUT2D eigenvalue weighted by Crippen LogP contribution is -2.40. The second-order valence-corrected chi connectivity index (χ2v) is 2.81. The summed E-state index contributed by atoms with van der Waals surface area (Å²) in [4.78, 5) is 26.4. The van der Waals surface area contributed by atoms with Gasteiger partial charge in [0.25, 0.3) is 0 Å². The average Bonchev–Trinajstić information content (AvgIpc) is 2.48. The Bertz CT molecular complexity index is 357. The number of H-pyrrole nitrogens is 1. The van der Waals surface area contributed by atoms with E-state index in [1.807, 2.05) is 0 Å². The number of hydrogen-bond acceptors (Lipinski definition) is 6. The summed E-state index contributed by atoms with van der Waals surface area (Å²) >= 11 is 0. The van der Waals surface area contributed by atoms with Gasteiger partial charge in [-0.05, 0) is 0 Å². The molecule has 1 aromatic rings. The van der Waals surface area contributed by atoms with Gasteiger partial charge in [0.05, 0.1) is 0 Å². The normalized spacial score (nSPS) is 9.87. The first-order valence-corrected chi connectivity index (χ1v) is 3.98. The Balaban J connectivity index is 2.80. The Morgan fingerprint density at radius 3 is 2.13 bits per heavy atom. The minimum atomic E-state index is -0.625. The number of carbonyl (C=O) groups excluding carboxylic acids is 2. The largest absolute Gasteiger partial charge is 0.368 e. The van der Waals surface area contributed by atoms with Crippen molar-refractivity contribution in [1.29, 1.82) is 0 Å². The van der Waals surface area contributed by atoms with Gasteiger partial charge in [0, 0.05) is 0 Å². The molecule has 0 aliphatic rings. The van der Waals surface area contributed by atoms with Crippen molar-refractivity contribution in [2.75, 3.05) is 23.7 Å². The van der Waals surface area contributed by atoms with Gasteiger partial charge in [-0.25, -0.2) is 5.10 Å². The minimum Gasteiger partial charge on any atom is -0.368 e. The number of aromatic amines is 1. The van der Waals surface area contributed by atoms with E-state index in [2.05, 4.69) is 15.2 Å². The molecule has 1 heterocycles. The predicted molar refractivity (Wildman–Crippen MR) is 51.4 cm³/mol. The number of nitrogens with zero attached hydrogens (tertiary/aromatic N) is 3. The van der Waals surface area contributed by atoms with Crippen LogP contribution < -0.4 is 22.1 Å². The standard InChI is InChI=1S/C6H11N7O2/c7-3(14)1-13(2-4(8)15)6-10-5(9)11-12-6/h1-2H2,(H2,7,14)(H2,8,15)(H3,9,10,11,12). The number of nitrogen functional groups attached to an aromatic ring is 1. The first-order valence-electron chi connectivity index (χ1n) is 3.98. The second-order valence-electron chi connectivity index (χ2n) is 2.81. The Kier molecular flexibility index (Phi) is 3.06. The minimum absolute atomic E-state index is 0.0731. The van der Waals surface area contributed by atoms with Gasteiger partial charge in [-0.3, -0.25) is 9.59 Å². The summed E-state index contributed by atoms with van der Waals surface area (Å²) in [6.45, 7) is -0.416. The molecule has 0 unspecified atom stereocenters. The summed E-state index contributed by atoms with van der Waals surface area (Å²) in [6, 6.07) is 0. The third kappa shape index (κ3) is 3.14. The Hall–Kier alpha value is -2.32. The van der Waals surface area contributed by atoms with Gasteiger partial charge in [0.2, 0.25) is 23.7 Å². The van der Waals surface area contributed by atoms with Crippen LogP contribution in [0.3, 0.4) is 0 Å². The summed E-state index contributed by atoms with van der Waals surface area (Å²) in [5.41, 5.74) is 15.3. The van der Waals surface area contributed by atoms with Crippen molar-refractivity contribution in [3.05, 3.63) is 0 Å². The molecule has 0 bridgehead atoms. The molecule has 0 atom stereocenters. The van der Waals surface area contributed by atoms with Gasteiger partial charge in [0.1, 0.15) is 13.1 Å². The maximum Gasteiger partial charge on any atom is 0.247 e. The second kappa shape index (κ2) is 4.26. The molecule has 0 spiro atoms. The summed E-state index contributed by atoms with van der Waals surface area (Å²) in [5, 5.41) is 6.04. The van der Waals surface area contributed by atoms with Crippen molar-refractivity contribution in [2.45, 2.75) is 0 Å². The maximum absolute atomic E-state index is 10.7. The van der Waals surface area contributed by atoms with E-state index in [1.165, 1.54) is 4.90 Å². The van der Waals surface area contributed by atoms with E-state index in [0.717, 1.165) is 0 Å². The molecule has 7 N–H and O–H groups in total. The SMILES string of the molecule is NC(=O)CN(CC(N)=O)c1n[nH]c(N)n1. The number of rotatable bonds is 5. The number of aromatic nitrogens is 3. The van der Waals surface area contributed by atoms with Gasteiger partial charge < -0.3 is 22.1 Å². The summed E-state index contributed by atoms with van der Waals surface area (Å²) in [6.07, 6.45) is 0. The van der Waals surface area contributed by atoms with E-state index >= 15 is 0 Å². The third-order valence-electron chi connectivity index (χ3n) is 1.47. The van der Waals surface area contributed by atoms with Crippen molar-refractivity contribution >= 4 is 23.7 Å². The van der Waals surface area contributed by atoms with Crippen LogP contribution in [0.4, 0.5) is 11.9 Å². The lowest BCUT2D eigenvalue weighted by Gasteiger charge is -2.16. The quantitative estimate of drug-likeness (QED) is 0.412. The van der Waals surface area contributed by atoms with Gasteiger partial charge >= 0.3 is 0 Å². The molecule has 0 saturated carbocycles. The Morgan fingerprint density at radius 2 is 1.80 bits per heavy atom. The number of anilines is 2. The van der Waals surface area contributed by atoms with Crippen molar-refractivity contribution < 1.29 is 9.59 Å². The first-order chi connectivity index (χ1) is 6.99. The Labute approximate surface area is 84.6 Å². The summed E-state index contributed by atoms with van der Waals surface area (Å²) in [5.74, 6) is -1.08. The van der Waals surface area contributed by atoms with Crippen LogP contribution >= 0.6 is 0 Å². The summed E-state index contributed by atoms with van der Waals surface area (Å²) in [7, 11) is 0. The van der Waals surface area contributed by atoms with Crippen LogP contribution in [0.25, 0.3) is 0 Å². The fraction of sp³-hybridized carbons (Fsp3) is 0.333. The molecular weight excluding hydrogens is 202 g/mol. The molecule has 0 radical (unpaired) electrons. The molecule has 0 aliphatic heterocycles. The molecule has 0 aliphatic carbocycles. The first kappa shape index (κ1) is 10.8. The average molecular weight is 213 g/mol. The zero-order valence-corrected chi connectivity index (χ0v) is 7.80. The van der Waals surface area contributed by atoms with E-state index in [0.29, 0.717) is 0 Å². The van der Waals surface area contributed by atoms with E-state index < -0.39 is 11.8 Å². The lowest BCUT2D eigenvalue weighted by molar-refractivity contribution is -0.117. The van der Waals surface area contributed by atoms with Crippen LogP contribution in [0.2, 0.25) is 0 Å². The molecule has 1 rings (SSSR count). The van der Waals surface area contributed by atoms with Crippen LogP contribution in [0, 0.1) is 0 Å². The van der Waals surface area contributed by atoms with Crippen LogP contribution in [-0.4, -0.2) is 40.1 Å². The highest BCUT2D eigenvalue weighted by molar-refractivity contribution is 5.83. The molecule has 0 saturated heterocycles. The number of amides is 2. The number of nitrogens with one attached hydrogen (secondary N) is 1. The molecule has 15 heavy (non-hydrogen) atoms. The molecular formula is C6H11N7O2. The fourth-order valence-corrected chi connectivity index (χ4v) is 0.980. The monoisotopic (exact) mass is 213 g/mol. The molecule has 2 amide bonds. The van der Waals surface area contributed by atoms with Gasteiger partial charge in [0.15, 0.2) is 0 Å². The van der Waals surface area contributed by atoms with E-state index in [-0.39, 0.29) is 25.0 Å². The molecule has 9 nitrogen and oxygen atoms in total. The van der Waals surface area contributed by atoms with Crippen LogP contribution in [0.5, 0.6) is 0 Å². The van der Waals surface area contributed by atoms with Gasteiger partial charge in [-0.2, -0.15) is 4.98 Å². The molecule has 82 valence electrons. The van der Waals surface area contributed by atoms with E-state index in [4.69, 9.17) is 17.2 Å². The van der Waals surface area contributed by atoms with Crippen molar-refractivity contribution in [1.82, 2.24) is 15.2 Å². The highest BCUT2D eigenvalue weighted by Gasteiger charge is 2.15. The molecule has 1 aromatic heterocycles. The third-order valence-corrected chi connectivity index (χ3v) is 1.47. The summed E-state index contributed by atoms with van der Waals surface area (Å²) < 4.78 is 0. The van der Waals surface area contributed by atoms with Crippen LogP contribution in [-0.2, 0) is 9.59 Å². The number of primary amides is 2. The topological polar surface area (TPSA) is 157 Å². The maximum atomic E-state index is 10.7. The zero-order valence-electron chi connectivity index (χ0n) is 7.80. The number of carbonyl (C=O) groups is 2. The highest BCUT2D eigenvalue weighted by atomic mass is 16.2. The van der Waals surface area contributed by atoms with Crippen molar-refractivity contribution in [2.24, 2.45) is 11.5 Å². The van der Waals surface area contributed by atoms with Crippen molar-refractivity contribution in [3.63, 3.8) is 0 Å². The molecule has 0 aromatic carbocycles. The lowest BCUT2D eigenvalue weighted by atomic mass is 10.4. The van der Waals surface area contributed by atoms with E-state index in [9.17, 15) is 9.59 Å². The smallest absolute Gasteiger partial charge is 0.247 e. The van der Waals surface area contributed by atoms with Crippen LogP contribution in [0.15, 0.2) is 0 Å². The Morgan fingerprint density at radius 1 is 1.27 bits per heavy atom. The fourth-order valence-electron chi connectivity index (χ4n) is 0.980. The highest BCUT2D eigenvalue weighted by Crippen LogP contribution is 2.06. The number of nitrogens with two attached hydrogens (primary N) is 3. The van der Waals surface area contributed by atoms with Gasteiger partial charge in [-0.15, -0.1) is 5.10 Å². The van der Waals surface area contributed by atoms with E-state index in [1.54, 1.807) is 0 Å². The molecule has 9 heteroatoms. The predicted octanol–water partition coefficient (Wildman–Crippen LogP) is -2.84. The van der Waals surface area contributed by atoms with Crippen molar-refractivity contribution in [3.8, 4) is 0 Å². The van der Waals surface area contributed by atoms with Gasteiger partial charge in [-0.1, -0.05) is 0 Å².